The molecule has 1 heterocycles. The van der Waals surface area contributed by atoms with Crippen LogP contribution >= 0.6 is 11.3 Å². The first-order valence-electron chi connectivity index (χ1n) is 2.43. The molecule has 9 heavy (non-hydrogen) atoms. The zero-order valence-electron chi connectivity index (χ0n) is 4.84. The lowest BCUT2D eigenvalue weighted by Gasteiger charge is -1.88. The van der Waals surface area contributed by atoms with Gasteiger partial charge in [0.25, 0.3) is 0 Å². The van der Waals surface area contributed by atoms with Gasteiger partial charge in [-0.2, -0.15) is 0 Å². The summed E-state index contributed by atoms with van der Waals surface area (Å²) in [7, 11) is 0. The zero-order valence-corrected chi connectivity index (χ0v) is 5.65. The van der Waals surface area contributed by atoms with Gasteiger partial charge >= 0.3 is 0 Å². The lowest BCUT2D eigenvalue weighted by Crippen LogP contribution is -1.82. The molecule has 0 aromatic carbocycles. The van der Waals surface area contributed by atoms with Crippen LogP contribution in [-0.4, -0.2) is 10.2 Å². The van der Waals surface area contributed by atoms with Crippen LogP contribution in [0, 0.1) is 0 Å². The van der Waals surface area contributed by atoms with E-state index in [1.54, 1.807) is 0 Å². The molecule has 0 saturated heterocycles. The van der Waals surface area contributed by atoms with Gasteiger partial charge in [-0.1, -0.05) is 11.3 Å². The summed E-state index contributed by atoms with van der Waals surface area (Å²) in [5.41, 5.74) is 5.19. The standard InChI is InChI=1S/C4H6FN3S/c1-2(5)3-7-8-4(6)9-3/h2H,1H3,(H2,6,8)/t2-/m0/s1. The summed E-state index contributed by atoms with van der Waals surface area (Å²) < 4.78 is 12.3. The van der Waals surface area contributed by atoms with E-state index in [-0.39, 0.29) is 0 Å². The van der Waals surface area contributed by atoms with E-state index in [4.69, 9.17) is 5.73 Å². The van der Waals surface area contributed by atoms with Crippen molar-refractivity contribution in [3.05, 3.63) is 5.01 Å². The third kappa shape index (κ3) is 1.35. The molecule has 0 radical (unpaired) electrons. The number of halogens is 1. The Kier molecular flexibility index (Phi) is 1.61. The number of alkyl halides is 1. The number of nitrogens with two attached hydrogens (primary N) is 1. The van der Waals surface area contributed by atoms with Crippen molar-refractivity contribution in [2.45, 2.75) is 13.1 Å². The highest BCUT2D eigenvalue weighted by atomic mass is 32.1. The van der Waals surface area contributed by atoms with Gasteiger partial charge in [0.15, 0.2) is 11.2 Å². The third-order valence-corrected chi connectivity index (χ3v) is 1.70. The number of anilines is 1. The van der Waals surface area contributed by atoms with Gasteiger partial charge in [-0.25, -0.2) is 4.39 Å². The highest BCUT2D eigenvalue weighted by molar-refractivity contribution is 7.15. The van der Waals surface area contributed by atoms with Crippen molar-refractivity contribution in [2.75, 3.05) is 5.73 Å². The molecule has 2 N–H and O–H groups in total. The molecule has 0 aliphatic heterocycles. The van der Waals surface area contributed by atoms with E-state index in [1.165, 1.54) is 6.92 Å². The minimum Gasteiger partial charge on any atom is -0.374 e. The molecule has 0 fully saturated rings. The summed E-state index contributed by atoms with van der Waals surface area (Å²) in [5, 5.41) is 7.58. The molecular formula is C4H6FN3S. The molecule has 1 aromatic rings. The van der Waals surface area contributed by atoms with Gasteiger partial charge in [-0.15, -0.1) is 10.2 Å². The Labute approximate surface area is 55.7 Å². The van der Waals surface area contributed by atoms with Crippen molar-refractivity contribution in [3.63, 3.8) is 0 Å². The summed E-state index contributed by atoms with van der Waals surface area (Å²) in [6.45, 7) is 1.40. The Morgan fingerprint density at radius 1 is 1.67 bits per heavy atom. The molecular weight excluding hydrogens is 141 g/mol. The van der Waals surface area contributed by atoms with Gasteiger partial charge in [0, 0.05) is 0 Å². The highest BCUT2D eigenvalue weighted by Gasteiger charge is 2.07. The van der Waals surface area contributed by atoms with Crippen LogP contribution < -0.4 is 5.73 Å². The van der Waals surface area contributed by atoms with Crippen molar-refractivity contribution in [1.29, 1.82) is 0 Å². The second-order valence-electron chi connectivity index (χ2n) is 1.59. The molecule has 0 aliphatic rings. The molecule has 0 spiro atoms. The highest BCUT2D eigenvalue weighted by Crippen LogP contribution is 2.20. The molecule has 0 amide bonds. The summed E-state index contributed by atoms with van der Waals surface area (Å²) in [5.74, 6) is 0. The normalized spacial score (nSPS) is 13.6. The second kappa shape index (κ2) is 2.26. The molecule has 3 nitrogen and oxygen atoms in total. The average Bonchev–Trinajstić information content (AvgIpc) is 2.14. The SMILES string of the molecule is C[C@H](F)c1nnc(N)s1. The fraction of sp³-hybridized carbons (Fsp3) is 0.500. The molecule has 1 atom stereocenters. The third-order valence-electron chi connectivity index (χ3n) is 0.797. The molecule has 5 heteroatoms. The van der Waals surface area contributed by atoms with E-state index in [1.807, 2.05) is 0 Å². The van der Waals surface area contributed by atoms with E-state index >= 15 is 0 Å². The maximum absolute atomic E-state index is 12.3. The Morgan fingerprint density at radius 2 is 2.33 bits per heavy atom. The van der Waals surface area contributed by atoms with Crippen LogP contribution in [0.15, 0.2) is 0 Å². The van der Waals surface area contributed by atoms with Crippen molar-refractivity contribution in [1.82, 2.24) is 10.2 Å². The van der Waals surface area contributed by atoms with Gasteiger partial charge in [0.2, 0.25) is 5.13 Å². The first kappa shape index (κ1) is 6.41. The minimum absolute atomic E-state index is 0.314. The van der Waals surface area contributed by atoms with Gasteiger partial charge in [-0.05, 0) is 6.92 Å². The number of rotatable bonds is 1. The van der Waals surface area contributed by atoms with Crippen LogP contribution in [0.25, 0.3) is 0 Å². The van der Waals surface area contributed by atoms with Crippen LogP contribution in [0.4, 0.5) is 9.52 Å². The van der Waals surface area contributed by atoms with E-state index < -0.39 is 6.17 Å². The first-order valence-corrected chi connectivity index (χ1v) is 3.24. The maximum Gasteiger partial charge on any atom is 0.203 e. The van der Waals surface area contributed by atoms with E-state index in [9.17, 15) is 4.39 Å². The Morgan fingerprint density at radius 3 is 2.56 bits per heavy atom. The number of aromatic nitrogens is 2. The predicted molar refractivity (Wildman–Crippen MR) is 33.8 cm³/mol. The van der Waals surface area contributed by atoms with Crippen LogP contribution in [0.2, 0.25) is 0 Å². The van der Waals surface area contributed by atoms with Gasteiger partial charge in [0.1, 0.15) is 0 Å². The van der Waals surface area contributed by atoms with E-state index in [0.717, 1.165) is 11.3 Å². The predicted octanol–water partition coefficient (Wildman–Crippen LogP) is 1.15. The lowest BCUT2D eigenvalue weighted by atomic mass is 10.5. The molecule has 1 rings (SSSR count). The van der Waals surface area contributed by atoms with Crippen molar-refractivity contribution in [3.8, 4) is 0 Å². The van der Waals surface area contributed by atoms with Gasteiger partial charge < -0.3 is 5.73 Å². The fourth-order valence-electron chi connectivity index (χ4n) is 0.407. The van der Waals surface area contributed by atoms with Gasteiger partial charge in [0.05, 0.1) is 0 Å². The monoisotopic (exact) mass is 147 g/mol. The molecule has 0 saturated carbocycles. The van der Waals surface area contributed by atoms with Crippen molar-refractivity contribution in [2.24, 2.45) is 0 Å². The average molecular weight is 147 g/mol. The number of nitrogen functional groups attached to an aromatic ring is 1. The number of hydrogen-bond acceptors (Lipinski definition) is 4. The van der Waals surface area contributed by atoms with E-state index in [0.29, 0.717) is 10.1 Å². The summed E-state index contributed by atoms with van der Waals surface area (Å²) in [6.07, 6.45) is -1.06. The van der Waals surface area contributed by atoms with Crippen LogP contribution in [-0.2, 0) is 0 Å². The van der Waals surface area contributed by atoms with Crippen LogP contribution in [0.3, 0.4) is 0 Å². The number of hydrogen-bond donors (Lipinski definition) is 1. The van der Waals surface area contributed by atoms with Gasteiger partial charge in [-0.3, -0.25) is 0 Å². The van der Waals surface area contributed by atoms with Crippen molar-refractivity contribution < 1.29 is 4.39 Å². The Balaban J connectivity index is 2.85. The lowest BCUT2D eigenvalue weighted by molar-refractivity contribution is 0.371. The smallest absolute Gasteiger partial charge is 0.203 e. The molecule has 1 aromatic heterocycles. The Hall–Kier alpha value is -0.710. The Bertz CT molecular complexity index is 197. The molecule has 0 unspecified atom stereocenters. The van der Waals surface area contributed by atoms with Crippen LogP contribution in [0.5, 0.6) is 0 Å². The minimum atomic E-state index is -1.06. The summed E-state index contributed by atoms with van der Waals surface area (Å²) in [4.78, 5) is 0. The largest absolute Gasteiger partial charge is 0.374 e. The molecule has 50 valence electrons. The second-order valence-corrected chi connectivity index (χ2v) is 2.64. The topological polar surface area (TPSA) is 51.8 Å². The maximum atomic E-state index is 12.3. The summed E-state index contributed by atoms with van der Waals surface area (Å²) in [6, 6.07) is 0. The zero-order chi connectivity index (χ0) is 6.85. The molecule has 0 bridgehead atoms. The van der Waals surface area contributed by atoms with Crippen molar-refractivity contribution >= 4 is 16.5 Å². The quantitative estimate of drug-likeness (QED) is 0.648. The summed E-state index contributed by atoms with van der Waals surface area (Å²) >= 11 is 1.08. The van der Waals surface area contributed by atoms with Crippen LogP contribution in [0.1, 0.15) is 18.1 Å². The van der Waals surface area contributed by atoms with E-state index in [2.05, 4.69) is 10.2 Å². The first-order chi connectivity index (χ1) is 4.20. The fourth-order valence-corrected chi connectivity index (χ4v) is 0.947. The molecule has 0 aliphatic carbocycles. The number of nitrogens with zero attached hydrogens (tertiary/aromatic N) is 2.